The molecule has 2 aliphatic rings. The lowest BCUT2D eigenvalue weighted by Gasteiger charge is -2.14. The summed E-state index contributed by atoms with van der Waals surface area (Å²) in [5, 5.41) is 11.7. The summed E-state index contributed by atoms with van der Waals surface area (Å²) in [5.41, 5.74) is 0. The highest BCUT2D eigenvalue weighted by molar-refractivity contribution is 7.89. The van der Waals surface area contributed by atoms with E-state index in [1.165, 1.54) is 17.3 Å². The van der Waals surface area contributed by atoms with Gasteiger partial charge in [0, 0.05) is 19.2 Å². The number of nitrogens with one attached hydrogen (secondary N) is 1. The molecule has 1 amide bonds. The predicted molar refractivity (Wildman–Crippen MR) is 87.7 cm³/mol. The van der Waals surface area contributed by atoms with Gasteiger partial charge < -0.3 is 14.8 Å². The number of nitrogens with zero attached hydrogens (tertiary/aromatic N) is 1. The Balaban J connectivity index is 1.76. The number of aliphatic carboxylic acids is 1. The van der Waals surface area contributed by atoms with E-state index in [4.69, 9.17) is 4.42 Å². The van der Waals surface area contributed by atoms with Crippen molar-refractivity contribution in [3.8, 4) is 0 Å². The molecule has 0 bridgehead atoms. The standard InChI is InChI=1S/C16H22N2O6S/c1-10-14(25(22,23)18-6-2-3-7-18)9-13(24-10)15(19)17-12(16(20)21)8-11-4-5-11/h9,11-12H,2-8H2,1H3,(H,17,19)(H,20,21). The molecule has 138 valence electrons. The second-order valence-electron chi connectivity index (χ2n) is 6.69. The van der Waals surface area contributed by atoms with Crippen molar-refractivity contribution in [2.45, 2.75) is 50.0 Å². The molecule has 1 saturated heterocycles. The molecule has 2 heterocycles. The molecule has 1 saturated carbocycles. The maximum atomic E-state index is 12.6. The minimum atomic E-state index is -3.69. The molecule has 2 fully saturated rings. The number of amides is 1. The van der Waals surface area contributed by atoms with Crippen LogP contribution in [0, 0.1) is 12.8 Å². The van der Waals surface area contributed by atoms with Gasteiger partial charge in [-0.3, -0.25) is 4.79 Å². The molecule has 1 unspecified atom stereocenters. The van der Waals surface area contributed by atoms with E-state index in [1.54, 1.807) is 0 Å². The first-order chi connectivity index (χ1) is 11.8. The van der Waals surface area contributed by atoms with Crippen LogP contribution in [0.1, 0.15) is 48.4 Å². The third kappa shape index (κ3) is 3.87. The van der Waals surface area contributed by atoms with Gasteiger partial charge in [0.2, 0.25) is 10.0 Å². The number of hydrogen-bond acceptors (Lipinski definition) is 5. The summed E-state index contributed by atoms with van der Waals surface area (Å²) >= 11 is 0. The number of carbonyl (C=O) groups excluding carboxylic acids is 1. The zero-order valence-corrected chi connectivity index (χ0v) is 14.8. The first-order valence-corrected chi connectivity index (χ1v) is 9.87. The first kappa shape index (κ1) is 17.9. The van der Waals surface area contributed by atoms with Crippen LogP contribution in [-0.2, 0) is 14.8 Å². The van der Waals surface area contributed by atoms with Gasteiger partial charge in [0.25, 0.3) is 5.91 Å². The van der Waals surface area contributed by atoms with Gasteiger partial charge >= 0.3 is 5.97 Å². The minimum absolute atomic E-state index is 0.0337. The van der Waals surface area contributed by atoms with Gasteiger partial charge in [-0.15, -0.1) is 0 Å². The molecule has 0 spiro atoms. The molecule has 9 heteroatoms. The van der Waals surface area contributed by atoms with E-state index in [-0.39, 0.29) is 16.4 Å². The number of rotatable bonds is 7. The highest BCUT2D eigenvalue weighted by Gasteiger charge is 2.34. The number of carboxylic acids is 1. The van der Waals surface area contributed by atoms with Crippen molar-refractivity contribution in [2.75, 3.05) is 13.1 Å². The Morgan fingerprint density at radius 1 is 1.36 bits per heavy atom. The van der Waals surface area contributed by atoms with E-state index in [1.807, 2.05) is 0 Å². The molecule has 0 radical (unpaired) electrons. The van der Waals surface area contributed by atoms with E-state index in [0.29, 0.717) is 25.4 Å². The number of carboxylic acid groups (broad SMARTS) is 1. The Hall–Kier alpha value is -1.87. The minimum Gasteiger partial charge on any atom is -0.480 e. The average molecular weight is 370 g/mol. The highest BCUT2D eigenvalue weighted by Crippen LogP contribution is 2.33. The Morgan fingerprint density at radius 3 is 2.56 bits per heavy atom. The lowest BCUT2D eigenvalue weighted by atomic mass is 10.1. The summed E-state index contributed by atoms with van der Waals surface area (Å²) < 4.78 is 31.9. The molecule has 1 aromatic heterocycles. The summed E-state index contributed by atoms with van der Waals surface area (Å²) in [6.45, 7) is 2.40. The van der Waals surface area contributed by atoms with Crippen molar-refractivity contribution in [3.63, 3.8) is 0 Å². The summed E-state index contributed by atoms with van der Waals surface area (Å²) in [6.07, 6.45) is 3.94. The average Bonchev–Trinajstić information content (AvgIpc) is 3.02. The SMILES string of the molecule is Cc1oc(C(=O)NC(CC2CC2)C(=O)O)cc1S(=O)(=O)N1CCCC1. The van der Waals surface area contributed by atoms with Crippen LogP contribution in [0.4, 0.5) is 0 Å². The van der Waals surface area contributed by atoms with Gasteiger partial charge in [0.05, 0.1) is 0 Å². The van der Waals surface area contributed by atoms with Gasteiger partial charge in [0.1, 0.15) is 16.7 Å². The number of aryl methyl sites for hydroxylation is 1. The molecule has 1 atom stereocenters. The van der Waals surface area contributed by atoms with Gasteiger partial charge in [-0.25, -0.2) is 13.2 Å². The van der Waals surface area contributed by atoms with Gasteiger partial charge in [-0.2, -0.15) is 4.31 Å². The zero-order valence-electron chi connectivity index (χ0n) is 14.0. The van der Waals surface area contributed by atoms with Gasteiger partial charge in [-0.05, 0) is 32.1 Å². The highest BCUT2D eigenvalue weighted by atomic mass is 32.2. The van der Waals surface area contributed by atoms with Crippen LogP contribution in [0.2, 0.25) is 0 Å². The Morgan fingerprint density at radius 2 is 2.00 bits per heavy atom. The number of sulfonamides is 1. The van der Waals surface area contributed by atoms with Crippen molar-refractivity contribution in [1.82, 2.24) is 9.62 Å². The Kier molecular flexibility index (Phi) is 4.88. The summed E-state index contributed by atoms with van der Waals surface area (Å²) in [4.78, 5) is 23.6. The molecule has 2 N–H and O–H groups in total. The fraction of sp³-hybridized carbons (Fsp3) is 0.625. The van der Waals surface area contributed by atoms with E-state index in [0.717, 1.165) is 25.7 Å². The van der Waals surface area contributed by atoms with Gasteiger partial charge in [0.15, 0.2) is 5.76 Å². The largest absolute Gasteiger partial charge is 0.480 e. The second-order valence-corrected chi connectivity index (χ2v) is 8.59. The van der Waals surface area contributed by atoms with Crippen LogP contribution in [0.25, 0.3) is 0 Å². The van der Waals surface area contributed by atoms with Crippen molar-refractivity contribution in [3.05, 3.63) is 17.6 Å². The number of carbonyl (C=O) groups is 2. The topological polar surface area (TPSA) is 117 Å². The van der Waals surface area contributed by atoms with Crippen molar-refractivity contribution < 1.29 is 27.5 Å². The third-order valence-electron chi connectivity index (χ3n) is 4.65. The van der Waals surface area contributed by atoms with Crippen LogP contribution >= 0.6 is 0 Å². The molecule has 8 nitrogen and oxygen atoms in total. The van der Waals surface area contributed by atoms with Crippen LogP contribution < -0.4 is 5.32 Å². The molecule has 1 aromatic rings. The summed E-state index contributed by atoms with van der Waals surface area (Å²) in [6, 6.07) is 0.193. The molecule has 25 heavy (non-hydrogen) atoms. The molecule has 3 rings (SSSR count). The lowest BCUT2D eigenvalue weighted by molar-refractivity contribution is -0.139. The van der Waals surface area contributed by atoms with Crippen LogP contribution in [0.5, 0.6) is 0 Å². The quantitative estimate of drug-likeness (QED) is 0.748. The van der Waals surface area contributed by atoms with E-state index >= 15 is 0 Å². The Labute approximate surface area is 146 Å². The van der Waals surface area contributed by atoms with E-state index in [9.17, 15) is 23.1 Å². The predicted octanol–water partition coefficient (Wildman–Crippen LogP) is 1.36. The van der Waals surface area contributed by atoms with Crippen molar-refractivity contribution in [1.29, 1.82) is 0 Å². The maximum Gasteiger partial charge on any atom is 0.326 e. The lowest BCUT2D eigenvalue weighted by Crippen LogP contribution is -2.41. The third-order valence-corrected chi connectivity index (χ3v) is 6.65. The van der Waals surface area contributed by atoms with Crippen LogP contribution in [0.15, 0.2) is 15.4 Å². The maximum absolute atomic E-state index is 12.6. The Bertz CT molecular complexity index is 775. The summed E-state index contributed by atoms with van der Waals surface area (Å²) in [5.74, 6) is -1.54. The van der Waals surface area contributed by atoms with Crippen LogP contribution in [-0.4, -0.2) is 48.8 Å². The normalized spacial score (nSPS) is 19.7. The van der Waals surface area contributed by atoms with Crippen molar-refractivity contribution in [2.24, 2.45) is 5.92 Å². The smallest absolute Gasteiger partial charge is 0.326 e. The number of furan rings is 1. The fourth-order valence-corrected chi connectivity index (χ4v) is 4.72. The molecule has 0 aromatic carbocycles. The van der Waals surface area contributed by atoms with Crippen molar-refractivity contribution >= 4 is 21.9 Å². The number of hydrogen-bond donors (Lipinski definition) is 2. The van der Waals surface area contributed by atoms with Crippen LogP contribution in [0.3, 0.4) is 0 Å². The molecule has 1 aliphatic heterocycles. The zero-order chi connectivity index (χ0) is 18.2. The molecular weight excluding hydrogens is 348 g/mol. The summed E-state index contributed by atoms with van der Waals surface area (Å²) in [7, 11) is -3.69. The van der Waals surface area contributed by atoms with E-state index < -0.39 is 27.9 Å². The fourth-order valence-electron chi connectivity index (χ4n) is 3.04. The molecule has 1 aliphatic carbocycles. The second kappa shape index (κ2) is 6.80. The van der Waals surface area contributed by atoms with Gasteiger partial charge in [-0.1, -0.05) is 12.8 Å². The van der Waals surface area contributed by atoms with E-state index in [2.05, 4.69) is 5.32 Å². The monoisotopic (exact) mass is 370 g/mol. The first-order valence-electron chi connectivity index (χ1n) is 8.43. The molecular formula is C16H22N2O6S.